The van der Waals surface area contributed by atoms with Crippen molar-refractivity contribution in [3.8, 4) is 0 Å². The van der Waals surface area contributed by atoms with Crippen molar-refractivity contribution in [3.05, 3.63) is 30.3 Å². The normalized spacial score (nSPS) is 10.5. The summed E-state index contributed by atoms with van der Waals surface area (Å²) in [6.45, 7) is 0.413. The van der Waals surface area contributed by atoms with Crippen molar-refractivity contribution < 1.29 is 9.68 Å². The van der Waals surface area contributed by atoms with Gasteiger partial charge in [0, 0.05) is 0 Å². The Bertz CT molecular complexity index is 241. The number of nitrogens with zero attached hydrogens (tertiary/aromatic N) is 1. The summed E-state index contributed by atoms with van der Waals surface area (Å²) in [5.74, 6) is 0. The van der Waals surface area contributed by atoms with Crippen LogP contribution in [-0.4, -0.2) is 37.9 Å². The molecule has 0 saturated heterocycles. The van der Waals surface area contributed by atoms with Crippen LogP contribution in [0.25, 0.3) is 0 Å². The Labute approximate surface area is 79.1 Å². The van der Waals surface area contributed by atoms with Gasteiger partial charge in [0.25, 0.3) is 0 Å². The van der Waals surface area contributed by atoms with E-state index in [9.17, 15) is 5.02 Å². The molecular formula is C9H14BNO2. The average molecular weight is 179 g/mol. The quantitative estimate of drug-likeness (QED) is 0.517. The molecule has 0 aliphatic rings. The Kier molecular flexibility index (Phi) is 3.95. The molecule has 0 spiro atoms. The third-order valence-corrected chi connectivity index (χ3v) is 1.58. The van der Waals surface area contributed by atoms with E-state index in [0.717, 1.165) is 5.46 Å². The fourth-order valence-corrected chi connectivity index (χ4v) is 0.934. The summed E-state index contributed by atoms with van der Waals surface area (Å²) in [5, 5.41) is 9.52. The highest BCUT2D eigenvalue weighted by Gasteiger charge is 2.15. The molecule has 1 N–H and O–H groups in total. The van der Waals surface area contributed by atoms with Gasteiger partial charge in [0.15, 0.2) is 0 Å². The molecule has 0 fully saturated rings. The van der Waals surface area contributed by atoms with E-state index in [0.29, 0.717) is 6.73 Å². The maximum absolute atomic E-state index is 9.52. The molecule has 0 unspecified atom stereocenters. The van der Waals surface area contributed by atoms with Gasteiger partial charge in [0.2, 0.25) is 0 Å². The van der Waals surface area contributed by atoms with E-state index in [4.69, 9.17) is 4.65 Å². The van der Waals surface area contributed by atoms with Crippen LogP contribution < -0.4 is 5.46 Å². The first-order valence-electron chi connectivity index (χ1n) is 4.19. The summed E-state index contributed by atoms with van der Waals surface area (Å²) in [5.41, 5.74) is 0.782. The molecule has 3 nitrogen and oxygen atoms in total. The van der Waals surface area contributed by atoms with Gasteiger partial charge in [0.1, 0.15) is 0 Å². The lowest BCUT2D eigenvalue weighted by molar-refractivity contribution is 0.157. The fourth-order valence-electron chi connectivity index (χ4n) is 0.934. The lowest BCUT2D eigenvalue weighted by atomic mass is 9.80. The third-order valence-electron chi connectivity index (χ3n) is 1.58. The van der Waals surface area contributed by atoms with E-state index in [2.05, 4.69) is 0 Å². The average Bonchev–Trinajstić information content (AvgIpc) is 2.15. The summed E-state index contributed by atoms with van der Waals surface area (Å²) in [4.78, 5) is 1.85. The Morgan fingerprint density at radius 1 is 1.31 bits per heavy atom. The van der Waals surface area contributed by atoms with E-state index in [1.807, 2.05) is 49.3 Å². The number of rotatable bonds is 4. The molecule has 0 aliphatic heterocycles. The summed E-state index contributed by atoms with van der Waals surface area (Å²) >= 11 is 0. The molecule has 0 radical (unpaired) electrons. The van der Waals surface area contributed by atoms with Gasteiger partial charge in [-0.3, -0.25) is 4.90 Å². The zero-order valence-corrected chi connectivity index (χ0v) is 7.97. The monoisotopic (exact) mass is 179 g/mol. The largest absolute Gasteiger partial charge is 0.492 e. The first kappa shape index (κ1) is 10.2. The van der Waals surface area contributed by atoms with E-state index >= 15 is 0 Å². The van der Waals surface area contributed by atoms with Gasteiger partial charge in [-0.2, -0.15) is 0 Å². The van der Waals surface area contributed by atoms with Crippen LogP contribution in [-0.2, 0) is 4.65 Å². The van der Waals surface area contributed by atoms with Crippen molar-refractivity contribution in [2.45, 2.75) is 0 Å². The molecule has 0 aromatic heterocycles. The van der Waals surface area contributed by atoms with Crippen LogP contribution in [0.15, 0.2) is 30.3 Å². The third kappa shape index (κ3) is 3.59. The van der Waals surface area contributed by atoms with E-state index in [1.54, 1.807) is 0 Å². The van der Waals surface area contributed by atoms with Crippen LogP contribution >= 0.6 is 0 Å². The van der Waals surface area contributed by atoms with Gasteiger partial charge in [-0.05, 0) is 19.6 Å². The van der Waals surface area contributed by atoms with Crippen molar-refractivity contribution in [2.24, 2.45) is 0 Å². The first-order valence-corrected chi connectivity index (χ1v) is 4.19. The van der Waals surface area contributed by atoms with Crippen LogP contribution in [0.1, 0.15) is 0 Å². The highest BCUT2D eigenvalue weighted by Crippen LogP contribution is 1.88. The second-order valence-corrected chi connectivity index (χ2v) is 3.14. The topological polar surface area (TPSA) is 32.7 Å². The van der Waals surface area contributed by atoms with Crippen LogP contribution in [0.3, 0.4) is 0 Å². The Hall–Kier alpha value is -0.835. The van der Waals surface area contributed by atoms with E-state index in [1.165, 1.54) is 0 Å². The molecule has 13 heavy (non-hydrogen) atoms. The maximum atomic E-state index is 9.52. The molecule has 0 saturated carbocycles. The van der Waals surface area contributed by atoms with Crippen LogP contribution in [0.5, 0.6) is 0 Å². The van der Waals surface area contributed by atoms with E-state index in [-0.39, 0.29) is 0 Å². The maximum Gasteiger partial charge on any atom is 0.492 e. The minimum Gasteiger partial charge on any atom is -0.423 e. The van der Waals surface area contributed by atoms with Gasteiger partial charge in [-0.15, -0.1) is 0 Å². The second kappa shape index (κ2) is 5.02. The summed E-state index contributed by atoms with van der Waals surface area (Å²) in [7, 11) is 2.94. The molecule has 0 atom stereocenters. The SMILES string of the molecule is CN(C)COB(O)c1ccccc1. The minimum atomic E-state index is -0.830. The molecule has 1 rings (SSSR count). The zero-order chi connectivity index (χ0) is 9.68. The summed E-state index contributed by atoms with van der Waals surface area (Å²) in [6, 6.07) is 9.32. The fraction of sp³-hybridized carbons (Fsp3) is 0.333. The second-order valence-electron chi connectivity index (χ2n) is 3.14. The predicted molar refractivity (Wildman–Crippen MR) is 53.7 cm³/mol. The molecule has 0 bridgehead atoms. The molecule has 0 amide bonds. The predicted octanol–water partition coefficient (Wildman–Crippen LogP) is -0.0902. The minimum absolute atomic E-state index is 0.413. The Morgan fingerprint density at radius 3 is 2.46 bits per heavy atom. The molecule has 0 heterocycles. The Balaban J connectivity index is 2.44. The van der Waals surface area contributed by atoms with Crippen molar-refractivity contribution in [3.63, 3.8) is 0 Å². The van der Waals surface area contributed by atoms with Crippen molar-refractivity contribution >= 4 is 12.6 Å². The zero-order valence-electron chi connectivity index (χ0n) is 7.97. The highest BCUT2D eigenvalue weighted by molar-refractivity contribution is 6.59. The standard InChI is InChI=1S/C9H14BNO2/c1-11(2)8-13-10(12)9-6-4-3-5-7-9/h3-7,12H,8H2,1-2H3. The molecule has 4 heteroatoms. The van der Waals surface area contributed by atoms with Crippen LogP contribution in [0.2, 0.25) is 0 Å². The molecule has 0 aliphatic carbocycles. The molecule has 1 aromatic carbocycles. The van der Waals surface area contributed by atoms with Gasteiger partial charge < -0.3 is 9.68 Å². The lowest BCUT2D eigenvalue weighted by Crippen LogP contribution is -2.36. The van der Waals surface area contributed by atoms with Crippen LogP contribution in [0, 0.1) is 0 Å². The lowest BCUT2D eigenvalue weighted by Gasteiger charge is -2.12. The van der Waals surface area contributed by atoms with E-state index < -0.39 is 7.12 Å². The summed E-state index contributed by atoms with van der Waals surface area (Å²) < 4.78 is 5.17. The van der Waals surface area contributed by atoms with Crippen molar-refractivity contribution in [1.82, 2.24) is 4.90 Å². The van der Waals surface area contributed by atoms with Gasteiger partial charge in [-0.25, -0.2) is 0 Å². The highest BCUT2D eigenvalue weighted by atomic mass is 16.5. The molecule has 1 aromatic rings. The van der Waals surface area contributed by atoms with Crippen LogP contribution in [0.4, 0.5) is 0 Å². The van der Waals surface area contributed by atoms with Crippen molar-refractivity contribution in [1.29, 1.82) is 0 Å². The smallest absolute Gasteiger partial charge is 0.423 e. The van der Waals surface area contributed by atoms with Gasteiger partial charge in [0.05, 0.1) is 6.73 Å². The van der Waals surface area contributed by atoms with Crippen molar-refractivity contribution in [2.75, 3.05) is 20.8 Å². The molecule has 70 valence electrons. The summed E-state index contributed by atoms with van der Waals surface area (Å²) in [6.07, 6.45) is 0. The number of benzene rings is 1. The first-order chi connectivity index (χ1) is 6.20. The van der Waals surface area contributed by atoms with Gasteiger partial charge >= 0.3 is 7.12 Å². The number of hydrogen-bond acceptors (Lipinski definition) is 3. The molecular weight excluding hydrogens is 165 g/mol. The number of hydrogen-bond donors (Lipinski definition) is 1. The van der Waals surface area contributed by atoms with Gasteiger partial charge in [-0.1, -0.05) is 30.3 Å². The Morgan fingerprint density at radius 2 is 1.92 bits per heavy atom.